The van der Waals surface area contributed by atoms with Crippen molar-refractivity contribution in [2.24, 2.45) is 5.92 Å². The lowest BCUT2D eigenvalue weighted by Gasteiger charge is -2.28. The number of aliphatic carboxylic acids is 1. The number of unbranched alkanes of at least 4 members (excludes halogenated alkanes) is 10. The van der Waals surface area contributed by atoms with Crippen LogP contribution in [-0.2, 0) is 4.79 Å². The van der Waals surface area contributed by atoms with Gasteiger partial charge in [0.1, 0.15) is 6.04 Å². The SMILES string of the molecule is CCCN(CC(O)CCCCCCCCCCCCCC(C)C)C(C)C(=O)O. The van der Waals surface area contributed by atoms with Gasteiger partial charge in [0, 0.05) is 6.54 Å². The van der Waals surface area contributed by atoms with Crippen molar-refractivity contribution in [3.63, 3.8) is 0 Å². The standard InChI is InChI=1S/C24H49NO3/c1-5-19-25(22(4)24(27)28)20-23(26)18-16-14-12-10-8-6-7-9-11-13-15-17-21(2)3/h21-23,26H,5-20H2,1-4H3,(H,27,28). The number of carbonyl (C=O) groups is 1. The summed E-state index contributed by atoms with van der Waals surface area (Å²) in [5.41, 5.74) is 0. The minimum atomic E-state index is -0.809. The molecule has 0 amide bonds. The zero-order valence-electron chi connectivity index (χ0n) is 19.3. The smallest absolute Gasteiger partial charge is 0.320 e. The second kappa shape index (κ2) is 18.4. The molecule has 0 saturated carbocycles. The highest BCUT2D eigenvalue weighted by atomic mass is 16.4. The van der Waals surface area contributed by atoms with E-state index in [4.69, 9.17) is 0 Å². The van der Waals surface area contributed by atoms with Gasteiger partial charge in [-0.2, -0.15) is 0 Å². The zero-order valence-corrected chi connectivity index (χ0v) is 19.3. The first-order chi connectivity index (χ1) is 13.4. The quantitative estimate of drug-likeness (QED) is 0.237. The molecule has 0 heterocycles. The molecular weight excluding hydrogens is 350 g/mol. The second-order valence-corrected chi connectivity index (χ2v) is 9.02. The minimum Gasteiger partial charge on any atom is -0.480 e. The number of carboxylic acids is 1. The van der Waals surface area contributed by atoms with E-state index in [0.29, 0.717) is 6.54 Å². The van der Waals surface area contributed by atoms with Crippen molar-refractivity contribution in [3.05, 3.63) is 0 Å². The zero-order chi connectivity index (χ0) is 21.2. The number of carboxylic acid groups (broad SMARTS) is 1. The Balaban J connectivity index is 3.53. The molecule has 2 unspecified atom stereocenters. The van der Waals surface area contributed by atoms with Crippen LogP contribution in [0.2, 0.25) is 0 Å². The summed E-state index contributed by atoms with van der Waals surface area (Å²) < 4.78 is 0. The van der Waals surface area contributed by atoms with Crippen LogP contribution in [0.1, 0.15) is 118 Å². The number of rotatable bonds is 20. The number of hydrogen-bond donors (Lipinski definition) is 2. The Morgan fingerprint density at radius 3 is 1.61 bits per heavy atom. The van der Waals surface area contributed by atoms with E-state index in [1.165, 1.54) is 70.6 Å². The van der Waals surface area contributed by atoms with E-state index in [9.17, 15) is 15.0 Å². The molecule has 0 aromatic carbocycles. The minimum absolute atomic E-state index is 0.413. The highest BCUT2D eigenvalue weighted by molar-refractivity contribution is 5.72. The van der Waals surface area contributed by atoms with Crippen LogP contribution in [0.3, 0.4) is 0 Å². The third-order valence-corrected chi connectivity index (χ3v) is 5.68. The first-order valence-electron chi connectivity index (χ1n) is 12.0. The van der Waals surface area contributed by atoms with Crippen LogP contribution in [-0.4, -0.2) is 46.3 Å². The summed E-state index contributed by atoms with van der Waals surface area (Å²) in [6.07, 6.45) is 17.1. The van der Waals surface area contributed by atoms with E-state index in [1.807, 2.05) is 11.8 Å². The van der Waals surface area contributed by atoms with Gasteiger partial charge in [-0.15, -0.1) is 0 Å². The molecule has 168 valence electrons. The summed E-state index contributed by atoms with van der Waals surface area (Å²) in [5, 5.41) is 19.4. The van der Waals surface area contributed by atoms with Crippen LogP contribution in [0.5, 0.6) is 0 Å². The van der Waals surface area contributed by atoms with E-state index in [-0.39, 0.29) is 0 Å². The molecule has 0 spiro atoms. The Morgan fingerprint density at radius 1 is 0.786 bits per heavy atom. The molecule has 0 fully saturated rings. The third-order valence-electron chi connectivity index (χ3n) is 5.68. The van der Waals surface area contributed by atoms with Crippen molar-refractivity contribution in [2.45, 2.75) is 130 Å². The molecule has 4 nitrogen and oxygen atoms in total. The fourth-order valence-corrected chi connectivity index (χ4v) is 3.77. The van der Waals surface area contributed by atoms with Crippen LogP contribution in [0, 0.1) is 5.92 Å². The van der Waals surface area contributed by atoms with E-state index >= 15 is 0 Å². The third kappa shape index (κ3) is 16.4. The van der Waals surface area contributed by atoms with Gasteiger partial charge in [0.15, 0.2) is 0 Å². The van der Waals surface area contributed by atoms with Crippen molar-refractivity contribution in [3.8, 4) is 0 Å². The van der Waals surface area contributed by atoms with Gasteiger partial charge in [-0.3, -0.25) is 9.69 Å². The molecule has 4 heteroatoms. The average Bonchev–Trinajstić information content (AvgIpc) is 2.64. The lowest BCUT2D eigenvalue weighted by molar-refractivity contribution is -0.143. The molecule has 0 aromatic rings. The van der Waals surface area contributed by atoms with Gasteiger partial charge >= 0.3 is 5.97 Å². The maximum atomic E-state index is 11.2. The second-order valence-electron chi connectivity index (χ2n) is 9.02. The van der Waals surface area contributed by atoms with Crippen molar-refractivity contribution in [2.75, 3.05) is 13.1 Å². The summed E-state index contributed by atoms with van der Waals surface area (Å²) in [6, 6.07) is -0.523. The fraction of sp³-hybridized carbons (Fsp3) is 0.958. The Morgan fingerprint density at radius 2 is 1.21 bits per heavy atom. The molecule has 0 saturated heterocycles. The van der Waals surface area contributed by atoms with Crippen molar-refractivity contribution >= 4 is 5.97 Å². The van der Waals surface area contributed by atoms with E-state index in [0.717, 1.165) is 31.7 Å². The van der Waals surface area contributed by atoms with Crippen LogP contribution < -0.4 is 0 Å². The normalized spacial score (nSPS) is 14.0. The molecule has 2 atom stereocenters. The molecule has 0 rings (SSSR count). The molecule has 2 N–H and O–H groups in total. The first kappa shape index (κ1) is 27.4. The summed E-state index contributed by atoms with van der Waals surface area (Å²) >= 11 is 0. The number of hydrogen-bond acceptors (Lipinski definition) is 3. The predicted molar refractivity (Wildman–Crippen MR) is 120 cm³/mol. The highest BCUT2D eigenvalue weighted by Crippen LogP contribution is 2.15. The molecule has 0 radical (unpaired) electrons. The number of aliphatic hydroxyl groups is 1. The molecule has 0 aromatic heterocycles. The fourth-order valence-electron chi connectivity index (χ4n) is 3.77. The Labute approximate surface area is 175 Å². The van der Waals surface area contributed by atoms with Gasteiger partial charge < -0.3 is 10.2 Å². The van der Waals surface area contributed by atoms with E-state index in [2.05, 4.69) is 13.8 Å². The number of aliphatic hydroxyl groups excluding tert-OH is 1. The number of nitrogens with zero attached hydrogens (tertiary/aromatic N) is 1. The summed E-state index contributed by atoms with van der Waals surface area (Å²) in [5.74, 6) is 0.0425. The van der Waals surface area contributed by atoms with Crippen LogP contribution in [0.25, 0.3) is 0 Å². The monoisotopic (exact) mass is 399 g/mol. The van der Waals surface area contributed by atoms with Crippen LogP contribution >= 0.6 is 0 Å². The van der Waals surface area contributed by atoms with Gasteiger partial charge in [0.2, 0.25) is 0 Å². The lowest BCUT2D eigenvalue weighted by atomic mass is 10.0. The summed E-state index contributed by atoms with van der Waals surface area (Å²) in [4.78, 5) is 13.1. The van der Waals surface area contributed by atoms with Crippen LogP contribution in [0.4, 0.5) is 0 Å². The Kier molecular flexibility index (Phi) is 18.0. The lowest BCUT2D eigenvalue weighted by Crippen LogP contribution is -2.43. The summed E-state index contributed by atoms with van der Waals surface area (Å²) in [7, 11) is 0. The molecule has 0 aliphatic heterocycles. The molecular formula is C24H49NO3. The van der Waals surface area contributed by atoms with E-state index in [1.54, 1.807) is 6.92 Å². The van der Waals surface area contributed by atoms with E-state index < -0.39 is 18.1 Å². The van der Waals surface area contributed by atoms with Crippen molar-refractivity contribution in [1.82, 2.24) is 4.90 Å². The Hall–Kier alpha value is -0.610. The summed E-state index contributed by atoms with van der Waals surface area (Å²) in [6.45, 7) is 9.56. The molecule has 0 aliphatic carbocycles. The average molecular weight is 400 g/mol. The maximum Gasteiger partial charge on any atom is 0.320 e. The molecule has 0 aliphatic rings. The van der Waals surface area contributed by atoms with Gasteiger partial charge in [-0.05, 0) is 32.2 Å². The first-order valence-corrected chi connectivity index (χ1v) is 12.0. The van der Waals surface area contributed by atoms with Gasteiger partial charge in [0.25, 0.3) is 0 Å². The van der Waals surface area contributed by atoms with Crippen molar-refractivity contribution < 1.29 is 15.0 Å². The predicted octanol–water partition coefficient (Wildman–Crippen LogP) is 6.26. The molecule has 0 bridgehead atoms. The van der Waals surface area contributed by atoms with Gasteiger partial charge in [-0.25, -0.2) is 0 Å². The molecule has 28 heavy (non-hydrogen) atoms. The largest absolute Gasteiger partial charge is 0.480 e. The van der Waals surface area contributed by atoms with Crippen molar-refractivity contribution in [1.29, 1.82) is 0 Å². The topological polar surface area (TPSA) is 60.8 Å². The maximum absolute atomic E-state index is 11.2. The Bertz CT molecular complexity index is 360. The van der Waals surface area contributed by atoms with Gasteiger partial charge in [0.05, 0.1) is 6.10 Å². The van der Waals surface area contributed by atoms with Gasteiger partial charge in [-0.1, -0.05) is 97.8 Å². The highest BCUT2D eigenvalue weighted by Gasteiger charge is 2.21. The van der Waals surface area contributed by atoms with Crippen LogP contribution in [0.15, 0.2) is 0 Å².